The number of rotatable bonds is 13. The van der Waals surface area contributed by atoms with Gasteiger partial charge in [-0.1, -0.05) is 54.4 Å². The van der Waals surface area contributed by atoms with Crippen LogP contribution in [0.4, 0.5) is 0 Å². The minimum Gasteiger partial charge on any atom is -0.461 e. The Morgan fingerprint density at radius 2 is 2.09 bits per heavy atom. The number of aliphatic hydroxyl groups is 1. The molecule has 0 radical (unpaired) electrons. The van der Waals surface area contributed by atoms with Crippen LogP contribution in [0, 0.1) is 11.8 Å². The Labute approximate surface area is 204 Å². The Hall–Kier alpha value is -1.71. The molecule has 3 unspecified atom stereocenters. The van der Waals surface area contributed by atoms with Crippen LogP contribution in [0.5, 0.6) is 0 Å². The number of alkyl halides is 1. The van der Waals surface area contributed by atoms with Crippen molar-refractivity contribution >= 4 is 33.7 Å². The van der Waals surface area contributed by atoms with Gasteiger partial charge in [0, 0.05) is 31.1 Å². The summed E-state index contributed by atoms with van der Waals surface area (Å²) >= 11 is 3.63. The first-order valence-corrected chi connectivity index (χ1v) is 12.7. The van der Waals surface area contributed by atoms with Gasteiger partial charge in [-0.2, -0.15) is 0 Å². The molecule has 0 saturated carbocycles. The molecular weight excluding hydrogens is 492 g/mol. The summed E-state index contributed by atoms with van der Waals surface area (Å²) in [5.41, 5.74) is -1.11. The minimum absolute atomic E-state index is 0.0457. The molecule has 184 valence electrons. The Morgan fingerprint density at radius 3 is 2.73 bits per heavy atom. The molecule has 3 saturated heterocycles. The molecule has 1 N–H and O–H groups in total. The van der Waals surface area contributed by atoms with Crippen molar-refractivity contribution in [1.82, 2.24) is 9.80 Å². The zero-order valence-electron chi connectivity index (χ0n) is 19.3. The molecule has 0 aromatic carbocycles. The maximum absolute atomic E-state index is 13.9. The van der Waals surface area contributed by atoms with Gasteiger partial charge in [0.15, 0.2) is 0 Å². The van der Waals surface area contributed by atoms with Crippen molar-refractivity contribution < 1.29 is 29.0 Å². The summed E-state index contributed by atoms with van der Waals surface area (Å²) in [6.45, 7) is 10.6. The second-order valence-electron chi connectivity index (χ2n) is 8.97. The van der Waals surface area contributed by atoms with Crippen molar-refractivity contribution in [2.45, 2.75) is 61.6 Å². The SMILES string of the molecule is C=CCOC(=O)[C@H]1[C@H]2C(=O)N(CCCO)C(C(=O)N(CC=C)CCCCC)C23CC(Br)[C@@H]1O3. The van der Waals surface area contributed by atoms with Gasteiger partial charge in [-0.05, 0) is 19.3 Å². The molecular formula is C24H35BrN2O6. The summed E-state index contributed by atoms with van der Waals surface area (Å²) in [5.74, 6) is -2.57. The minimum atomic E-state index is -1.11. The first-order valence-electron chi connectivity index (χ1n) is 11.8. The highest BCUT2D eigenvalue weighted by atomic mass is 79.9. The van der Waals surface area contributed by atoms with Crippen LogP contribution in [0.2, 0.25) is 0 Å². The smallest absolute Gasteiger partial charge is 0.312 e. The maximum Gasteiger partial charge on any atom is 0.312 e. The van der Waals surface area contributed by atoms with E-state index in [4.69, 9.17) is 9.47 Å². The van der Waals surface area contributed by atoms with Crippen molar-refractivity contribution in [2.24, 2.45) is 11.8 Å². The third-order valence-electron chi connectivity index (χ3n) is 6.89. The summed E-state index contributed by atoms with van der Waals surface area (Å²) in [6.07, 6.45) is 6.27. The van der Waals surface area contributed by atoms with Crippen LogP contribution in [0.3, 0.4) is 0 Å². The Bertz CT molecular complexity index is 776. The monoisotopic (exact) mass is 526 g/mol. The highest BCUT2D eigenvalue weighted by Gasteiger charge is 2.77. The maximum atomic E-state index is 13.9. The van der Waals surface area contributed by atoms with E-state index in [1.807, 2.05) is 0 Å². The Morgan fingerprint density at radius 1 is 1.33 bits per heavy atom. The number of likely N-dealkylation sites (tertiary alicyclic amines) is 1. The molecule has 3 rings (SSSR count). The van der Waals surface area contributed by atoms with Crippen LogP contribution in [0.1, 0.15) is 39.0 Å². The predicted octanol–water partition coefficient (Wildman–Crippen LogP) is 2.05. The number of carbonyl (C=O) groups excluding carboxylic acids is 3. The number of hydrogen-bond donors (Lipinski definition) is 1. The lowest BCUT2D eigenvalue weighted by Gasteiger charge is -2.37. The lowest BCUT2D eigenvalue weighted by atomic mass is 9.70. The Balaban J connectivity index is 1.98. The number of carbonyl (C=O) groups is 3. The quantitative estimate of drug-likeness (QED) is 0.171. The summed E-state index contributed by atoms with van der Waals surface area (Å²) in [7, 11) is 0. The van der Waals surface area contributed by atoms with Crippen LogP contribution in [0.25, 0.3) is 0 Å². The number of hydrogen-bond acceptors (Lipinski definition) is 6. The predicted molar refractivity (Wildman–Crippen MR) is 127 cm³/mol. The van der Waals surface area contributed by atoms with E-state index in [-0.39, 0.29) is 36.4 Å². The van der Waals surface area contributed by atoms with Crippen LogP contribution < -0.4 is 0 Å². The van der Waals surface area contributed by atoms with Crippen molar-refractivity contribution in [3.8, 4) is 0 Å². The molecule has 0 aromatic rings. The molecule has 3 heterocycles. The third kappa shape index (κ3) is 4.64. The van der Waals surface area contributed by atoms with E-state index in [9.17, 15) is 19.5 Å². The van der Waals surface area contributed by atoms with Crippen molar-refractivity contribution in [3.05, 3.63) is 25.3 Å². The summed E-state index contributed by atoms with van der Waals surface area (Å²) < 4.78 is 11.7. The Kier molecular flexibility index (Phi) is 8.75. The molecule has 0 aliphatic carbocycles. The topological polar surface area (TPSA) is 96.4 Å². The second kappa shape index (κ2) is 11.1. The van der Waals surface area contributed by atoms with Crippen LogP contribution in [-0.4, -0.2) is 88.1 Å². The summed E-state index contributed by atoms with van der Waals surface area (Å²) in [4.78, 5) is 43.6. The summed E-state index contributed by atoms with van der Waals surface area (Å²) in [5, 5.41) is 9.42. The fraction of sp³-hybridized carbons (Fsp3) is 0.708. The van der Waals surface area contributed by atoms with E-state index in [1.165, 1.54) is 11.0 Å². The largest absolute Gasteiger partial charge is 0.461 e. The van der Waals surface area contributed by atoms with Gasteiger partial charge in [0.05, 0.1) is 17.9 Å². The van der Waals surface area contributed by atoms with E-state index in [1.54, 1.807) is 11.0 Å². The van der Waals surface area contributed by atoms with Crippen LogP contribution in [-0.2, 0) is 23.9 Å². The van der Waals surface area contributed by atoms with Gasteiger partial charge in [-0.3, -0.25) is 14.4 Å². The van der Waals surface area contributed by atoms with Crippen LogP contribution in [0.15, 0.2) is 25.3 Å². The van der Waals surface area contributed by atoms with Gasteiger partial charge >= 0.3 is 5.97 Å². The molecule has 2 amide bonds. The molecule has 2 bridgehead atoms. The van der Waals surface area contributed by atoms with Gasteiger partial charge < -0.3 is 24.4 Å². The number of aliphatic hydroxyl groups excluding tert-OH is 1. The van der Waals surface area contributed by atoms with Gasteiger partial charge in [0.25, 0.3) is 0 Å². The lowest BCUT2D eigenvalue weighted by Crippen LogP contribution is -2.57. The zero-order valence-corrected chi connectivity index (χ0v) is 20.9. The number of unbranched alkanes of at least 4 members (excludes halogenated alkanes) is 2. The molecule has 8 nitrogen and oxygen atoms in total. The van der Waals surface area contributed by atoms with E-state index in [2.05, 4.69) is 36.0 Å². The zero-order chi connectivity index (χ0) is 24.2. The fourth-order valence-corrected chi connectivity index (χ4v) is 6.51. The molecule has 1 spiro atoms. The number of esters is 1. The number of ether oxygens (including phenoxy) is 2. The lowest BCUT2D eigenvalue weighted by molar-refractivity contribution is -0.154. The fourth-order valence-electron chi connectivity index (χ4n) is 5.57. The molecule has 3 aliphatic rings. The van der Waals surface area contributed by atoms with E-state index in [0.29, 0.717) is 25.9 Å². The molecule has 33 heavy (non-hydrogen) atoms. The normalized spacial score (nSPS) is 32.0. The van der Waals surface area contributed by atoms with Gasteiger partial charge in [-0.25, -0.2) is 0 Å². The van der Waals surface area contributed by atoms with Crippen molar-refractivity contribution in [3.63, 3.8) is 0 Å². The highest BCUT2D eigenvalue weighted by Crippen LogP contribution is 2.60. The van der Waals surface area contributed by atoms with E-state index >= 15 is 0 Å². The van der Waals surface area contributed by atoms with E-state index in [0.717, 1.165) is 19.3 Å². The van der Waals surface area contributed by atoms with Crippen molar-refractivity contribution in [1.29, 1.82) is 0 Å². The molecule has 6 atom stereocenters. The third-order valence-corrected chi connectivity index (χ3v) is 7.73. The molecule has 0 aromatic heterocycles. The second-order valence-corrected chi connectivity index (χ2v) is 10.1. The van der Waals surface area contributed by atoms with Gasteiger partial charge in [0.1, 0.15) is 18.2 Å². The number of fused-ring (bicyclic) bond motifs is 1. The van der Waals surface area contributed by atoms with Gasteiger partial charge in [0.2, 0.25) is 11.8 Å². The van der Waals surface area contributed by atoms with E-state index < -0.39 is 35.6 Å². The number of nitrogens with zero attached hydrogens (tertiary/aromatic N) is 2. The summed E-state index contributed by atoms with van der Waals surface area (Å²) in [6, 6.07) is -0.856. The molecule has 3 aliphatic heterocycles. The first-order chi connectivity index (χ1) is 15.9. The molecule has 9 heteroatoms. The van der Waals surface area contributed by atoms with Crippen molar-refractivity contribution in [2.75, 3.05) is 32.8 Å². The van der Waals surface area contributed by atoms with Gasteiger partial charge in [-0.15, -0.1) is 6.58 Å². The number of amides is 2. The first kappa shape index (κ1) is 25.9. The average molecular weight is 527 g/mol. The number of halogens is 1. The molecule has 3 fully saturated rings. The highest BCUT2D eigenvalue weighted by molar-refractivity contribution is 9.09. The average Bonchev–Trinajstić information content (AvgIpc) is 3.38. The standard InChI is InChI=1S/C24H35BrN2O6/c1-4-7-8-11-26(10-5-2)22(30)20-24-15-16(25)19(33-24)17(23(31)32-14-6-3)18(24)21(29)27(20)12-9-13-28/h5-6,16-20,28H,2-4,7-15H2,1H3/t16?,17-,18-,19-,20?,24?/m0/s1. The van der Waals surface area contributed by atoms with Crippen LogP contribution >= 0.6 is 15.9 Å².